The van der Waals surface area contributed by atoms with Crippen LogP contribution in [0.3, 0.4) is 0 Å². The Morgan fingerprint density at radius 3 is 2.25 bits per heavy atom. The fourth-order valence-electron chi connectivity index (χ4n) is 2.50. The van der Waals surface area contributed by atoms with Gasteiger partial charge >= 0.3 is 6.03 Å². The lowest BCUT2D eigenvalue weighted by atomic mass is 9.96. The highest BCUT2D eigenvalue weighted by Crippen LogP contribution is 2.14. The van der Waals surface area contributed by atoms with Gasteiger partial charge in [0, 0.05) is 19.1 Å². The molecule has 1 atom stereocenters. The van der Waals surface area contributed by atoms with Crippen LogP contribution in [0.4, 0.5) is 4.79 Å². The summed E-state index contributed by atoms with van der Waals surface area (Å²) in [6.07, 6.45) is 5.86. The second-order valence-corrected chi connectivity index (χ2v) is 4.86. The molecular formula is C13H26N2O. The third-order valence-electron chi connectivity index (χ3n) is 3.75. The van der Waals surface area contributed by atoms with E-state index in [9.17, 15) is 4.79 Å². The quantitative estimate of drug-likeness (QED) is 0.785. The van der Waals surface area contributed by atoms with Crippen molar-refractivity contribution < 1.29 is 4.79 Å². The normalized spacial score (nSPS) is 18.6. The zero-order valence-electron chi connectivity index (χ0n) is 11.0. The van der Waals surface area contributed by atoms with Crippen LogP contribution in [0.25, 0.3) is 0 Å². The number of rotatable bonds is 4. The van der Waals surface area contributed by atoms with E-state index >= 15 is 0 Å². The summed E-state index contributed by atoms with van der Waals surface area (Å²) in [5, 5.41) is 3.14. The van der Waals surface area contributed by atoms with Gasteiger partial charge in [0.05, 0.1) is 0 Å². The lowest BCUT2D eigenvalue weighted by Crippen LogP contribution is -2.47. The topological polar surface area (TPSA) is 32.3 Å². The molecule has 2 amide bonds. The van der Waals surface area contributed by atoms with Crippen LogP contribution < -0.4 is 5.32 Å². The van der Waals surface area contributed by atoms with E-state index in [1.165, 1.54) is 6.42 Å². The molecule has 1 N–H and O–H groups in total. The molecule has 1 aliphatic rings. The van der Waals surface area contributed by atoms with Gasteiger partial charge in [-0.05, 0) is 32.1 Å². The molecule has 1 fully saturated rings. The zero-order chi connectivity index (χ0) is 12.0. The summed E-state index contributed by atoms with van der Waals surface area (Å²) in [4.78, 5) is 13.9. The number of amides is 2. The number of nitrogens with zero attached hydrogens (tertiary/aromatic N) is 1. The van der Waals surface area contributed by atoms with Gasteiger partial charge in [0.2, 0.25) is 0 Å². The van der Waals surface area contributed by atoms with E-state index in [1.54, 1.807) is 0 Å². The molecule has 0 spiro atoms. The summed E-state index contributed by atoms with van der Waals surface area (Å²) in [5.74, 6) is 0.605. The van der Waals surface area contributed by atoms with Crippen LogP contribution in [0.1, 0.15) is 52.9 Å². The Labute approximate surface area is 99.6 Å². The zero-order valence-corrected chi connectivity index (χ0v) is 11.0. The number of likely N-dealkylation sites (tertiary alicyclic amines) is 1. The Bertz CT molecular complexity index is 208. The van der Waals surface area contributed by atoms with Crippen LogP contribution in [0.2, 0.25) is 0 Å². The highest BCUT2D eigenvalue weighted by atomic mass is 16.2. The van der Waals surface area contributed by atoms with E-state index in [1.807, 2.05) is 4.90 Å². The molecule has 3 nitrogen and oxygen atoms in total. The molecule has 3 heteroatoms. The number of hydrogen-bond donors (Lipinski definition) is 1. The fourth-order valence-corrected chi connectivity index (χ4v) is 2.50. The maximum absolute atomic E-state index is 12.0. The second kappa shape index (κ2) is 6.77. The van der Waals surface area contributed by atoms with E-state index in [0.717, 1.165) is 38.8 Å². The van der Waals surface area contributed by atoms with Crippen molar-refractivity contribution in [2.45, 2.75) is 58.9 Å². The van der Waals surface area contributed by atoms with Crippen molar-refractivity contribution in [3.8, 4) is 0 Å². The first-order valence-corrected chi connectivity index (χ1v) is 6.74. The Kier molecular flexibility index (Phi) is 5.64. The smallest absolute Gasteiger partial charge is 0.317 e. The minimum atomic E-state index is 0.138. The standard InChI is InChI=1S/C13H26N2O/c1-4-12(5-2)11(3)14-13(16)15-9-7-6-8-10-15/h11-12H,4-10H2,1-3H3,(H,14,16). The van der Waals surface area contributed by atoms with Crippen molar-refractivity contribution >= 4 is 6.03 Å². The van der Waals surface area contributed by atoms with Gasteiger partial charge in [0.15, 0.2) is 0 Å². The molecule has 1 rings (SSSR count). The number of carbonyl (C=O) groups is 1. The van der Waals surface area contributed by atoms with E-state index in [2.05, 4.69) is 26.1 Å². The summed E-state index contributed by atoms with van der Waals surface area (Å²) in [6, 6.07) is 0.434. The van der Waals surface area contributed by atoms with Crippen LogP contribution >= 0.6 is 0 Å². The summed E-state index contributed by atoms with van der Waals surface area (Å²) in [6.45, 7) is 8.37. The minimum Gasteiger partial charge on any atom is -0.335 e. The molecule has 0 aromatic carbocycles. The van der Waals surface area contributed by atoms with Gasteiger partial charge in [-0.25, -0.2) is 4.79 Å². The molecule has 0 aromatic rings. The van der Waals surface area contributed by atoms with Gasteiger partial charge < -0.3 is 10.2 Å². The minimum absolute atomic E-state index is 0.138. The maximum atomic E-state index is 12.0. The average molecular weight is 226 g/mol. The number of urea groups is 1. The van der Waals surface area contributed by atoms with Gasteiger partial charge in [-0.2, -0.15) is 0 Å². The van der Waals surface area contributed by atoms with Gasteiger partial charge in [-0.1, -0.05) is 26.7 Å². The Balaban J connectivity index is 2.37. The van der Waals surface area contributed by atoms with Crippen molar-refractivity contribution in [2.24, 2.45) is 5.92 Å². The van der Waals surface area contributed by atoms with Crippen LogP contribution in [0.15, 0.2) is 0 Å². The van der Waals surface area contributed by atoms with Gasteiger partial charge in [-0.3, -0.25) is 0 Å². The highest BCUT2D eigenvalue weighted by molar-refractivity contribution is 5.74. The maximum Gasteiger partial charge on any atom is 0.317 e. The Morgan fingerprint density at radius 1 is 1.19 bits per heavy atom. The lowest BCUT2D eigenvalue weighted by molar-refractivity contribution is 0.178. The van der Waals surface area contributed by atoms with Crippen molar-refractivity contribution in [3.05, 3.63) is 0 Å². The van der Waals surface area contributed by atoms with Crippen LogP contribution in [0.5, 0.6) is 0 Å². The number of nitrogens with one attached hydrogen (secondary N) is 1. The molecule has 0 saturated carbocycles. The van der Waals surface area contributed by atoms with Gasteiger partial charge in [-0.15, -0.1) is 0 Å². The molecule has 1 aliphatic heterocycles. The van der Waals surface area contributed by atoms with Gasteiger partial charge in [0.25, 0.3) is 0 Å². The third kappa shape index (κ3) is 3.69. The molecule has 0 radical (unpaired) electrons. The predicted octanol–water partition coefficient (Wildman–Crippen LogP) is 3.01. The Morgan fingerprint density at radius 2 is 1.75 bits per heavy atom. The summed E-state index contributed by atoms with van der Waals surface area (Å²) in [7, 11) is 0. The second-order valence-electron chi connectivity index (χ2n) is 4.86. The van der Waals surface area contributed by atoms with Crippen LogP contribution in [0, 0.1) is 5.92 Å². The number of carbonyl (C=O) groups excluding carboxylic acids is 1. The van der Waals surface area contributed by atoms with E-state index in [-0.39, 0.29) is 6.03 Å². The molecule has 0 bridgehead atoms. The molecule has 1 heterocycles. The molecule has 1 unspecified atom stereocenters. The molecule has 0 aliphatic carbocycles. The van der Waals surface area contributed by atoms with Crippen LogP contribution in [-0.2, 0) is 0 Å². The average Bonchev–Trinajstić information content (AvgIpc) is 2.31. The Hall–Kier alpha value is -0.730. The first-order valence-electron chi connectivity index (χ1n) is 6.74. The lowest BCUT2D eigenvalue weighted by Gasteiger charge is -2.30. The summed E-state index contributed by atoms with van der Waals surface area (Å²) < 4.78 is 0. The first-order chi connectivity index (χ1) is 7.69. The number of piperidine rings is 1. The first kappa shape index (κ1) is 13.3. The van der Waals surface area contributed by atoms with E-state index in [4.69, 9.17) is 0 Å². The largest absolute Gasteiger partial charge is 0.335 e. The number of hydrogen-bond acceptors (Lipinski definition) is 1. The van der Waals surface area contributed by atoms with Crippen molar-refractivity contribution in [1.29, 1.82) is 0 Å². The third-order valence-corrected chi connectivity index (χ3v) is 3.75. The summed E-state index contributed by atoms with van der Waals surface area (Å²) >= 11 is 0. The molecule has 94 valence electrons. The van der Waals surface area contributed by atoms with E-state index in [0.29, 0.717) is 12.0 Å². The van der Waals surface area contributed by atoms with E-state index < -0.39 is 0 Å². The molecular weight excluding hydrogens is 200 g/mol. The van der Waals surface area contributed by atoms with Gasteiger partial charge in [0.1, 0.15) is 0 Å². The molecule has 16 heavy (non-hydrogen) atoms. The molecule has 1 saturated heterocycles. The monoisotopic (exact) mass is 226 g/mol. The highest BCUT2D eigenvalue weighted by Gasteiger charge is 2.20. The SMILES string of the molecule is CCC(CC)C(C)NC(=O)N1CCCCC1. The van der Waals surface area contributed by atoms with Crippen molar-refractivity contribution in [1.82, 2.24) is 10.2 Å². The summed E-state index contributed by atoms with van der Waals surface area (Å²) in [5.41, 5.74) is 0. The fraction of sp³-hybridized carbons (Fsp3) is 0.923. The van der Waals surface area contributed by atoms with Crippen molar-refractivity contribution in [3.63, 3.8) is 0 Å². The molecule has 0 aromatic heterocycles. The predicted molar refractivity (Wildman–Crippen MR) is 67.5 cm³/mol. The van der Waals surface area contributed by atoms with Crippen LogP contribution in [-0.4, -0.2) is 30.1 Å². The van der Waals surface area contributed by atoms with Crippen molar-refractivity contribution in [2.75, 3.05) is 13.1 Å².